The molecule has 0 radical (unpaired) electrons. The summed E-state index contributed by atoms with van der Waals surface area (Å²) in [7, 11) is 0. The van der Waals surface area contributed by atoms with E-state index in [1.807, 2.05) is 23.2 Å². The summed E-state index contributed by atoms with van der Waals surface area (Å²) in [4.78, 5) is 8.31. The summed E-state index contributed by atoms with van der Waals surface area (Å²) in [6.45, 7) is 1.78. The lowest BCUT2D eigenvalue weighted by atomic mass is 10.1. The molecule has 0 atom stereocenters. The van der Waals surface area contributed by atoms with Crippen molar-refractivity contribution in [3.8, 4) is 0 Å². The van der Waals surface area contributed by atoms with Gasteiger partial charge in [-0.2, -0.15) is 0 Å². The van der Waals surface area contributed by atoms with Crippen LogP contribution in [-0.2, 0) is 0 Å². The predicted molar refractivity (Wildman–Crippen MR) is 88.0 cm³/mol. The van der Waals surface area contributed by atoms with Crippen LogP contribution in [0.2, 0.25) is 0 Å². The second kappa shape index (κ2) is 4.34. The summed E-state index contributed by atoms with van der Waals surface area (Å²) in [6, 6.07) is 5.34. The Morgan fingerprint density at radius 3 is 3.05 bits per heavy atom. The van der Waals surface area contributed by atoms with Gasteiger partial charge in [-0.1, -0.05) is 11.8 Å². The molecule has 0 bridgehead atoms. The highest BCUT2D eigenvalue weighted by Crippen LogP contribution is 2.53. The molecule has 0 N–H and O–H groups in total. The SMILES string of the molecule is Fc1cc(C2=C(C3CC3)SC3=NCCN32)c2sccc2c1. The lowest BCUT2D eigenvalue weighted by Crippen LogP contribution is -2.20. The fraction of sp³-hybridized carbons (Fsp3) is 0.312. The average molecular weight is 316 g/mol. The normalized spacial score (nSPS) is 21.4. The minimum absolute atomic E-state index is 0.145. The summed E-state index contributed by atoms with van der Waals surface area (Å²) in [5.41, 5.74) is 2.28. The van der Waals surface area contributed by atoms with Crippen LogP contribution >= 0.6 is 23.1 Å². The van der Waals surface area contributed by atoms with Gasteiger partial charge in [0.15, 0.2) is 5.17 Å². The fourth-order valence-corrected chi connectivity index (χ4v) is 5.38. The van der Waals surface area contributed by atoms with Crippen LogP contribution in [0.4, 0.5) is 4.39 Å². The topological polar surface area (TPSA) is 15.6 Å². The van der Waals surface area contributed by atoms with Crippen molar-refractivity contribution in [2.24, 2.45) is 10.9 Å². The molecule has 0 amide bonds. The van der Waals surface area contributed by atoms with Crippen molar-refractivity contribution in [3.05, 3.63) is 39.9 Å². The Bertz CT molecular complexity index is 817. The Balaban J connectivity index is 1.78. The van der Waals surface area contributed by atoms with E-state index in [2.05, 4.69) is 9.89 Å². The molecule has 106 valence electrons. The number of thiophene rings is 1. The van der Waals surface area contributed by atoms with E-state index in [-0.39, 0.29) is 5.82 Å². The van der Waals surface area contributed by atoms with Crippen LogP contribution in [-0.4, -0.2) is 23.2 Å². The van der Waals surface area contributed by atoms with Gasteiger partial charge in [0.2, 0.25) is 0 Å². The monoisotopic (exact) mass is 316 g/mol. The molecule has 2 nitrogen and oxygen atoms in total. The molecule has 0 unspecified atom stereocenters. The van der Waals surface area contributed by atoms with Crippen molar-refractivity contribution in [2.75, 3.05) is 13.1 Å². The summed E-state index contributed by atoms with van der Waals surface area (Å²) >= 11 is 3.51. The quantitative estimate of drug-likeness (QED) is 0.808. The standard InChI is InChI=1S/C16H13FN2S2/c17-11-7-10-3-6-20-14(10)12(8-11)13-15(9-1-2-9)21-16-18-4-5-19(13)16/h3,6-9H,1-2,4-5H2. The maximum absolute atomic E-state index is 14.0. The molecule has 1 fully saturated rings. The highest BCUT2D eigenvalue weighted by Gasteiger charge is 2.40. The fourth-order valence-electron chi connectivity index (χ4n) is 3.12. The van der Waals surface area contributed by atoms with Crippen LogP contribution in [0.5, 0.6) is 0 Å². The van der Waals surface area contributed by atoms with Gasteiger partial charge in [0.25, 0.3) is 0 Å². The van der Waals surface area contributed by atoms with Gasteiger partial charge in [-0.3, -0.25) is 4.99 Å². The first-order valence-electron chi connectivity index (χ1n) is 7.22. The maximum Gasteiger partial charge on any atom is 0.168 e. The maximum atomic E-state index is 14.0. The second-order valence-corrected chi connectivity index (χ2v) is 7.62. The number of nitrogens with zero attached hydrogens (tertiary/aromatic N) is 2. The Kier molecular flexibility index (Phi) is 2.53. The zero-order valence-electron chi connectivity index (χ0n) is 11.3. The minimum Gasteiger partial charge on any atom is -0.318 e. The first-order valence-corrected chi connectivity index (χ1v) is 8.92. The van der Waals surface area contributed by atoms with Gasteiger partial charge in [-0.15, -0.1) is 11.3 Å². The van der Waals surface area contributed by atoms with E-state index in [1.54, 1.807) is 23.5 Å². The molecule has 1 saturated carbocycles. The number of amidine groups is 1. The number of halogens is 1. The Morgan fingerprint density at radius 2 is 2.19 bits per heavy atom. The molecule has 1 aromatic heterocycles. The van der Waals surface area contributed by atoms with Crippen molar-refractivity contribution in [1.82, 2.24) is 4.90 Å². The van der Waals surface area contributed by atoms with E-state index >= 15 is 0 Å². The van der Waals surface area contributed by atoms with Gasteiger partial charge in [-0.25, -0.2) is 4.39 Å². The molecule has 3 aliphatic rings. The molecule has 1 aliphatic carbocycles. The van der Waals surface area contributed by atoms with Crippen molar-refractivity contribution in [3.63, 3.8) is 0 Å². The van der Waals surface area contributed by atoms with Crippen molar-refractivity contribution < 1.29 is 4.39 Å². The van der Waals surface area contributed by atoms with Crippen LogP contribution in [0.25, 0.3) is 15.8 Å². The highest BCUT2D eigenvalue weighted by atomic mass is 32.2. The van der Waals surface area contributed by atoms with Crippen molar-refractivity contribution in [2.45, 2.75) is 12.8 Å². The van der Waals surface area contributed by atoms with Crippen molar-refractivity contribution in [1.29, 1.82) is 0 Å². The lowest BCUT2D eigenvalue weighted by Gasteiger charge is -2.18. The average Bonchev–Trinajstić information content (AvgIpc) is 2.89. The van der Waals surface area contributed by atoms with E-state index < -0.39 is 0 Å². The van der Waals surface area contributed by atoms with Crippen LogP contribution in [0.3, 0.4) is 0 Å². The molecule has 3 heterocycles. The number of hydrogen-bond acceptors (Lipinski definition) is 4. The first kappa shape index (κ1) is 12.2. The van der Waals surface area contributed by atoms with Crippen molar-refractivity contribution >= 4 is 44.0 Å². The zero-order valence-corrected chi connectivity index (χ0v) is 12.9. The van der Waals surface area contributed by atoms with Crippen LogP contribution in [0, 0.1) is 11.7 Å². The zero-order chi connectivity index (χ0) is 14.0. The van der Waals surface area contributed by atoms with E-state index in [0.717, 1.165) is 29.2 Å². The molecule has 5 heteroatoms. The molecule has 2 aromatic rings. The number of benzene rings is 1. The number of fused-ring (bicyclic) bond motifs is 2. The Morgan fingerprint density at radius 1 is 1.29 bits per heavy atom. The molecule has 1 aromatic carbocycles. The van der Waals surface area contributed by atoms with E-state index in [4.69, 9.17) is 0 Å². The van der Waals surface area contributed by atoms with Gasteiger partial charge in [0, 0.05) is 21.7 Å². The first-order chi connectivity index (χ1) is 10.3. The second-order valence-electron chi connectivity index (χ2n) is 5.70. The van der Waals surface area contributed by atoms with Gasteiger partial charge in [0.1, 0.15) is 5.82 Å². The molecule has 0 spiro atoms. The van der Waals surface area contributed by atoms with Crippen LogP contribution < -0.4 is 0 Å². The van der Waals surface area contributed by atoms with Crippen LogP contribution in [0.15, 0.2) is 33.5 Å². The number of thioether (sulfide) groups is 1. The molecule has 21 heavy (non-hydrogen) atoms. The molecular weight excluding hydrogens is 303 g/mol. The van der Waals surface area contributed by atoms with Crippen LogP contribution in [0.1, 0.15) is 18.4 Å². The Labute approximate surface area is 130 Å². The number of allylic oxidation sites excluding steroid dienone is 1. The predicted octanol–water partition coefficient (Wildman–Crippen LogP) is 4.54. The minimum atomic E-state index is -0.145. The summed E-state index contributed by atoms with van der Waals surface area (Å²) in [5, 5.41) is 4.17. The summed E-state index contributed by atoms with van der Waals surface area (Å²) in [5.74, 6) is 0.518. The number of rotatable bonds is 2. The van der Waals surface area contributed by atoms with Gasteiger partial charge in [0.05, 0.1) is 12.2 Å². The largest absolute Gasteiger partial charge is 0.318 e. The highest BCUT2D eigenvalue weighted by molar-refractivity contribution is 8.17. The summed E-state index contributed by atoms with van der Waals surface area (Å²) < 4.78 is 15.2. The third-order valence-corrected chi connectivity index (χ3v) is 6.47. The Hall–Kier alpha value is -1.33. The summed E-state index contributed by atoms with van der Waals surface area (Å²) in [6.07, 6.45) is 2.52. The van der Waals surface area contributed by atoms with E-state index in [0.29, 0.717) is 5.92 Å². The molecule has 2 aliphatic heterocycles. The van der Waals surface area contributed by atoms with Gasteiger partial charge >= 0.3 is 0 Å². The van der Waals surface area contributed by atoms with E-state index in [1.165, 1.54) is 28.1 Å². The molecule has 5 rings (SSSR count). The van der Waals surface area contributed by atoms with Gasteiger partial charge in [-0.05, 0) is 47.7 Å². The smallest absolute Gasteiger partial charge is 0.168 e. The van der Waals surface area contributed by atoms with E-state index in [9.17, 15) is 4.39 Å². The molecule has 0 saturated heterocycles. The lowest BCUT2D eigenvalue weighted by molar-refractivity contribution is 0.624. The van der Waals surface area contributed by atoms with Gasteiger partial charge < -0.3 is 4.90 Å². The number of hydrogen-bond donors (Lipinski definition) is 0. The third-order valence-electron chi connectivity index (χ3n) is 4.23. The molecular formula is C16H13FN2S2. The number of aliphatic imine (C=N–C) groups is 1. The third kappa shape index (κ3) is 1.80.